The van der Waals surface area contributed by atoms with Crippen molar-refractivity contribution in [1.29, 1.82) is 0 Å². The van der Waals surface area contributed by atoms with Crippen molar-refractivity contribution in [2.24, 2.45) is 12.8 Å². The summed E-state index contributed by atoms with van der Waals surface area (Å²) >= 11 is 1.37. The van der Waals surface area contributed by atoms with Gasteiger partial charge < -0.3 is 15.6 Å². The molecule has 0 aromatic carbocycles. The Kier molecular flexibility index (Phi) is 4.73. The van der Waals surface area contributed by atoms with Gasteiger partial charge >= 0.3 is 0 Å². The van der Waals surface area contributed by atoms with E-state index in [9.17, 15) is 4.79 Å². The Morgan fingerprint density at radius 2 is 2.38 bits per heavy atom. The molecule has 21 heavy (non-hydrogen) atoms. The minimum absolute atomic E-state index is 0.139. The Hall–Kier alpha value is -2.17. The molecule has 2 aromatic rings. The minimum Gasteiger partial charge on any atom is -0.342 e. The molecule has 7 heteroatoms. The van der Waals surface area contributed by atoms with Crippen LogP contribution in [0.1, 0.15) is 38.9 Å². The van der Waals surface area contributed by atoms with Gasteiger partial charge in [0, 0.05) is 7.05 Å². The highest BCUT2D eigenvalue weighted by atomic mass is 32.1. The third kappa shape index (κ3) is 3.48. The topological polar surface area (TPSA) is 85.8 Å². The number of rotatable bonds is 3. The molecule has 0 spiro atoms. The second kappa shape index (κ2) is 6.52. The lowest BCUT2D eigenvalue weighted by Gasteiger charge is -2.11. The van der Waals surface area contributed by atoms with Crippen LogP contribution in [0.2, 0.25) is 0 Å². The van der Waals surface area contributed by atoms with Crippen molar-refractivity contribution < 1.29 is 4.79 Å². The average Bonchev–Trinajstić information content (AvgIpc) is 3.02. The van der Waals surface area contributed by atoms with Crippen LogP contribution in [0.15, 0.2) is 12.4 Å². The first kappa shape index (κ1) is 15.2. The number of carbonyl (C=O) groups excluding carboxylic acids is 1. The molecule has 0 fully saturated rings. The molecule has 1 atom stereocenters. The standard InChI is InChI=1S/C14H17N5OS/c1-9-7-12(21-11(9)5-4-6-15)14(20)17-10(2)13-18-16-8-19(13)3/h7-8,10H,6,15H2,1-3H3,(H,17,20). The summed E-state index contributed by atoms with van der Waals surface area (Å²) in [6.45, 7) is 4.11. The minimum atomic E-state index is -0.217. The molecule has 3 N–H and O–H groups in total. The van der Waals surface area contributed by atoms with Gasteiger partial charge in [0.15, 0.2) is 5.82 Å². The van der Waals surface area contributed by atoms with Crippen molar-refractivity contribution in [3.63, 3.8) is 0 Å². The summed E-state index contributed by atoms with van der Waals surface area (Å²) in [6.07, 6.45) is 1.60. The lowest BCUT2D eigenvalue weighted by atomic mass is 10.2. The fourth-order valence-electron chi connectivity index (χ4n) is 1.87. The summed E-state index contributed by atoms with van der Waals surface area (Å²) < 4.78 is 1.78. The third-order valence-corrected chi connectivity index (χ3v) is 4.08. The molecule has 6 nitrogen and oxygen atoms in total. The van der Waals surface area contributed by atoms with E-state index in [-0.39, 0.29) is 11.9 Å². The molecular weight excluding hydrogens is 286 g/mol. The molecule has 0 saturated carbocycles. The molecular formula is C14H17N5OS. The molecule has 2 rings (SSSR count). The quantitative estimate of drug-likeness (QED) is 0.828. The van der Waals surface area contributed by atoms with Gasteiger partial charge in [0.05, 0.1) is 22.3 Å². The number of nitrogens with two attached hydrogens (primary N) is 1. The van der Waals surface area contributed by atoms with Crippen LogP contribution in [-0.4, -0.2) is 27.2 Å². The fourth-order valence-corrected chi connectivity index (χ4v) is 2.82. The van der Waals surface area contributed by atoms with Gasteiger partial charge in [-0.25, -0.2) is 0 Å². The molecule has 0 bridgehead atoms. The molecule has 1 unspecified atom stereocenters. The summed E-state index contributed by atoms with van der Waals surface area (Å²) in [5.41, 5.74) is 6.35. The van der Waals surface area contributed by atoms with E-state index in [1.165, 1.54) is 11.3 Å². The van der Waals surface area contributed by atoms with Gasteiger partial charge in [-0.3, -0.25) is 4.79 Å². The number of amides is 1. The van der Waals surface area contributed by atoms with Crippen LogP contribution in [0.4, 0.5) is 0 Å². The van der Waals surface area contributed by atoms with Crippen LogP contribution >= 0.6 is 11.3 Å². The van der Waals surface area contributed by atoms with E-state index < -0.39 is 0 Å². The van der Waals surface area contributed by atoms with Crippen molar-refractivity contribution in [2.45, 2.75) is 19.9 Å². The lowest BCUT2D eigenvalue weighted by Crippen LogP contribution is -2.27. The van der Waals surface area contributed by atoms with Gasteiger partial charge in [0.25, 0.3) is 5.91 Å². The number of carbonyl (C=O) groups is 1. The number of aromatic nitrogens is 3. The maximum Gasteiger partial charge on any atom is 0.261 e. The Balaban J connectivity index is 2.12. The number of aryl methyl sites for hydroxylation is 2. The first-order valence-corrected chi connectivity index (χ1v) is 7.28. The highest BCUT2D eigenvalue weighted by Gasteiger charge is 2.17. The van der Waals surface area contributed by atoms with Crippen LogP contribution in [0, 0.1) is 18.8 Å². The summed E-state index contributed by atoms with van der Waals surface area (Å²) in [7, 11) is 1.84. The maximum atomic E-state index is 12.3. The van der Waals surface area contributed by atoms with Gasteiger partial charge in [0.2, 0.25) is 0 Å². The summed E-state index contributed by atoms with van der Waals surface area (Å²) in [5.74, 6) is 6.35. The molecule has 2 aromatic heterocycles. The number of hydrogen-bond acceptors (Lipinski definition) is 5. The normalized spacial score (nSPS) is 11.6. The van der Waals surface area contributed by atoms with Crippen LogP contribution in [-0.2, 0) is 7.05 Å². The molecule has 0 saturated heterocycles. The Morgan fingerprint density at radius 3 is 3.00 bits per heavy atom. The van der Waals surface area contributed by atoms with Crippen molar-refractivity contribution in [3.8, 4) is 11.8 Å². The summed E-state index contributed by atoms with van der Waals surface area (Å²) in [5, 5.41) is 10.7. The number of nitrogens with one attached hydrogen (secondary N) is 1. The van der Waals surface area contributed by atoms with Crippen molar-refractivity contribution in [2.75, 3.05) is 6.54 Å². The first-order chi connectivity index (χ1) is 10.0. The largest absolute Gasteiger partial charge is 0.342 e. The fraction of sp³-hybridized carbons (Fsp3) is 0.357. The SMILES string of the molecule is Cc1cc(C(=O)NC(C)c2nncn2C)sc1C#CCN. The van der Waals surface area contributed by atoms with E-state index in [2.05, 4.69) is 27.4 Å². The number of thiophene rings is 1. The number of hydrogen-bond donors (Lipinski definition) is 2. The smallest absolute Gasteiger partial charge is 0.261 e. The summed E-state index contributed by atoms with van der Waals surface area (Å²) in [6, 6.07) is 1.62. The van der Waals surface area contributed by atoms with Crippen molar-refractivity contribution >= 4 is 17.2 Å². The highest BCUT2D eigenvalue weighted by Crippen LogP contribution is 2.21. The second-order valence-corrected chi connectivity index (χ2v) is 5.68. The molecule has 0 radical (unpaired) electrons. The van der Waals surface area contributed by atoms with Crippen LogP contribution < -0.4 is 11.1 Å². The van der Waals surface area contributed by atoms with Gasteiger partial charge in [-0.05, 0) is 25.5 Å². The number of nitrogens with zero attached hydrogens (tertiary/aromatic N) is 3. The molecule has 1 amide bonds. The lowest BCUT2D eigenvalue weighted by molar-refractivity contribution is 0.0942. The Bertz CT molecular complexity index is 707. The van der Waals surface area contributed by atoms with Crippen molar-refractivity contribution in [1.82, 2.24) is 20.1 Å². The zero-order valence-corrected chi connectivity index (χ0v) is 13.0. The van der Waals surface area contributed by atoms with Gasteiger partial charge in [-0.15, -0.1) is 21.5 Å². The Morgan fingerprint density at radius 1 is 1.62 bits per heavy atom. The predicted octanol–water partition coefficient (Wildman–Crippen LogP) is 0.986. The van der Waals surface area contributed by atoms with E-state index in [0.29, 0.717) is 17.2 Å². The van der Waals surface area contributed by atoms with Gasteiger partial charge in [-0.2, -0.15) is 0 Å². The zero-order valence-electron chi connectivity index (χ0n) is 12.2. The first-order valence-electron chi connectivity index (χ1n) is 6.47. The van der Waals surface area contributed by atoms with Gasteiger partial charge in [-0.1, -0.05) is 11.8 Å². The zero-order chi connectivity index (χ0) is 15.4. The molecule has 110 valence electrons. The van der Waals surface area contributed by atoms with E-state index in [4.69, 9.17) is 5.73 Å². The van der Waals surface area contributed by atoms with E-state index in [0.717, 1.165) is 10.4 Å². The van der Waals surface area contributed by atoms with Crippen LogP contribution in [0.5, 0.6) is 0 Å². The van der Waals surface area contributed by atoms with E-state index in [1.807, 2.05) is 27.0 Å². The van der Waals surface area contributed by atoms with Crippen LogP contribution in [0.3, 0.4) is 0 Å². The monoisotopic (exact) mass is 303 g/mol. The van der Waals surface area contributed by atoms with E-state index in [1.54, 1.807) is 10.9 Å². The predicted molar refractivity (Wildman–Crippen MR) is 81.9 cm³/mol. The molecule has 0 aliphatic heterocycles. The highest BCUT2D eigenvalue weighted by molar-refractivity contribution is 7.14. The Labute approximate surface area is 127 Å². The third-order valence-electron chi connectivity index (χ3n) is 2.93. The summed E-state index contributed by atoms with van der Waals surface area (Å²) in [4.78, 5) is 13.8. The molecule has 0 aliphatic carbocycles. The molecule has 2 heterocycles. The van der Waals surface area contributed by atoms with Gasteiger partial charge in [0.1, 0.15) is 6.33 Å². The van der Waals surface area contributed by atoms with Crippen molar-refractivity contribution in [3.05, 3.63) is 33.5 Å². The van der Waals surface area contributed by atoms with Crippen LogP contribution in [0.25, 0.3) is 0 Å². The second-order valence-electron chi connectivity index (χ2n) is 4.62. The van der Waals surface area contributed by atoms with E-state index >= 15 is 0 Å². The average molecular weight is 303 g/mol. The molecule has 0 aliphatic rings. The maximum absolute atomic E-state index is 12.3.